The Morgan fingerprint density at radius 2 is 1.84 bits per heavy atom. The second-order valence-corrected chi connectivity index (χ2v) is 14.6. The van der Waals surface area contributed by atoms with Crippen molar-refractivity contribution < 1.29 is 23.5 Å². The number of ketones is 2. The van der Waals surface area contributed by atoms with Crippen molar-refractivity contribution in [3.63, 3.8) is 0 Å². The summed E-state index contributed by atoms with van der Waals surface area (Å²) in [6.07, 6.45) is 11.3. The van der Waals surface area contributed by atoms with Gasteiger partial charge in [-0.15, -0.1) is 0 Å². The predicted octanol–water partition coefficient (Wildman–Crippen LogP) is 6.67. The van der Waals surface area contributed by atoms with Crippen LogP contribution in [0.5, 0.6) is 0 Å². The molecule has 0 unspecified atom stereocenters. The average Bonchev–Trinajstić information content (AvgIpc) is 3.49. The Morgan fingerprint density at radius 3 is 2.61 bits per heavy atom. The summed E-state index contributed by atoms with van der Waals surface area (Å²) in [5.74, 6) is 0.00501. The van der Waals surface area contributed by atoms with Crippen LogP contribution >= 0.6 is 15.9 Å². The minimum absolute atomic E-state index is 0.0363. The number of aromatic nitrogens is 5. The summed E-state index contributed by atoms with van der Waals surface area (Å²) < 4.78 is 22.8. The third kappa shape index (κ3) is 6.69. The maximum absolute atomic E-state index is 14.7. The Hall–Kier alpha value is -3.90. The molecule has 3 atom stereocenters. The lowest BCUT2D eigenvalue weighted by Crippen LogP contribution is -2.45. The van der Waals surface area contributed by atoms with Crippen LogP contribution < -0.4 is 0 Å². The molecular formula is C37H40BrFN6O4. The van der Waals surface area contributed by atoms with Crippen LogP contribution in [-0.2, 0) is 40.6 Å². The van der Waals surface area contributed by atoms with Crippen LogP contribution in [0.15, 0.2) is 41.3 Å². The first-order valence-electron chi connectivity index (χ1n) is 17.1. The quantitative estimate of drug-likeness (QED) is 0.165. The van der Waals surface area contributed by atoms with Crippen LogP contribution in [-0.4, -0.2) is 65.8 Å². The van der Waals surface area contributed by atoms with Crippen LogP contribution in [0.2, 0.25) is 0 Å². The molecule has 49 heavy (non-hydrogen) atoms. The van der Waals surface area contributed by atoms with Gasteiger partial charge in [0.15, 0.2) is 11.6 Å². The van der Waals surface area contributed by atoms with E-state index in [0.717, 1.165) is 50.5 Å². The highest BCUT2D eigenvalue weighted by Gasteiger charge is 2.66. The maximum Gasteiger partial charge on any atom is 0.245 e. The van der Waals surface area contributed by atoms with E-state index in [4.69, 9.17) is 4.74 Å². The molecule has 7 rings (SSSR count). The van der Waals surface area contributed by atoms with Gasteiger partial charge in [-0.1, -0.05) is 31.7 Å². The second kappa shape index (κ2) is 13.8. The number of fused-ring (bicyclic) bond motifs is 3. The van der Waals surface area contributed by atoms with Crippen molar-refractivity contribution >= 4 is 44.3 Å². The van der Waals surface area contributed by atoms with Crippen LogP contribution in [0.3, 0.4) is 0 Å². The summed E-state index contributed by atoms with van der Waals surface area (Å²) in [5, 5.41) is 5.04. The number of alkyl halides is 1. The maximum atomic E-state index is 14.7. The van der Waals surface area contributed by atoms with Crippen LogP contribution in [0.1, 0.15) is 91.4 Å². The third-order valence-electron chi connectivity index (χ3n) is 10.5. The van der Waals surface area contributed by atoms with E-state index in [1.807, 2.05) is 12.1 Å². The molecule has 3 aliphatic rings. The van der Waals surface area contributed by atoms with Gasteiger partial charge in [0.1, 0.15) is 29.3 Å². The Morgan fingerprint density at radius 1 is 1.06 bits per heavy atom. The van der Waals surface area contributed by atoms with Crippen molar-refractivity contribution in [1.82, 2.24) is 29.6 Å². The molecule has 0 N–H and O–H groups in total. The number of nitrogens with zero attached hydrogens (tertiary/aromatic N) is 6. The number of benzene rings is 1. The zero-order chi connectivity index (χ0) is 34.3. The standard InChI is InChI=1S/C37H40BrFN6O4/c1-22(46)35-28-13-25(27-18-40-23(2)41-19-27)12-26(17-39)36(28)44(43-35)20-34(48)45-30-15-37(16-32(37)45)10-6-4-3-5-7-11-49-21-24-8-9-33(38)42-29(24)14-31(30)47/h8-9,12-13,18-19,30,32H,3-7,10-11,14-17,20-21H2,1-2H3/t30-,32+,37-/m0/s1. The molecule has 3 aromatic heterocycles. The Kier molecular flexibility index (Phi) is 9.45. The van der Waals surface area contributed by atoms with Gasteiger partial charge >= 0.3 is 0 Å². The number of rotatable bonds is 5. The molecule has 2 aliphatic heterocycles. The summed E-state index contributed by atoms with van der Waals surface area (Å²) in [7, 11) is 0. The summed E-state index contributed by atoms with van der Waals surface area (Å²) in [6, 6.07) is 6.63. The van der Waals surface area contributed by atoms with E-state index in [0.29, 0.717) is 63.3 Å². The van der Waals surface area contributed by atoms with Gasteiger partial charge in [0, 0.05) is 48.5 Å². The molecule has 5 heterocycles. The normalized spacial score (nSPS) is 22.9. The van der Waals surface area contributed by atoms with Gasteiger partial charge in [-0.2, -0.15) is 5.10 Å². The van der Waals surface area contributed by atoms with Crippen molar-refractivity contribution in [3.8, 4) is 11.1 Å². The number of pyridine rings is 1. The number of aryl methyl sites for hydroxylation is 1. The first kappa shape index (κ1) is 33.6. The summed E-state index contributed by atoms with van der Waals surface area (Å²) in [4.78, 5) is 56.3. The van der Waals surface area contributed by atoms with Crippen molar-refractivity contribution in [2.45, 2.75) is 104 Å². The molecule has 256 valence electrons. The Bertz CT molecular complexity index is 1930. The number of hydrogen-bond acceptors (Lipinski definition) is 8. The van der Waals surface area contributed by atoms with Gasteiger partial charge in [-0.3, -0.25) is 19.1 Å². The molecule has 1 saturated carbocycles. The topological polar surface area (TPSA) is 120 Å². The Labute approximate surface area is 293 Å². The van der Waals surface area contributed by atoms with Crippen molar-refractivity contribution in [2.75, 3.05) is 6.61 Å². The fourth-order valence-electron chi connectivity index (χ4n) is 7.89. The highest BCUT2D eigenvalue weighted by Crippen LogP contribution is 2.62. The number of amides is 1. The minimum atomic E-state index is -0.823. The van der Waals surface area contributed by atoms with Gasteiger partial charge in [0.05, 0.1) is 30.3 Å². The lowest BCUT2D eigenvalue weighted by molar-refractivity contribution is -0.139. The highest BCUT2D eigenvalue weighted by molar-refractivity contribution is 9.10. The molecule has 1 spiro atoms. The molecule has 4 aromatic rings. The van der Waals surface area contributed by atoms with E-state index < -0.39 is 12.7 Å². The van der Waals surface area contributed by atoms with Gasteiger partial charge in [-0.25, -0.2) is 19.3 Å². The number of ether oxygens (including phenoxy) is 1. The summed E-state index contributed by atoms with van der Waals surface area (Å²) in [6.45, 7) is 3.20. The first-order chi connectivity index (χ1) is 23.7. The second-order valence-electron chi connectivity index (χ2n) is 13.8. The number of hydrogen-bond donors (Lipinski definition) is 0. The molecule has 2 fully saturated rings. The number of halogens is 2. The number of carbonyl (C=O) groups excluding carboxylic acids is 3. The van der Waals surface area contributed by atoms with Crippen molar-refractivity contribution in [2.24, 2.45) is 5.41 Å². The van der Waals surface area contributed by atoms with Crippen LogP contribution in [0.25, 0.3) is 22.0 Å². The molecule has 1 aliphatic carbocycles. The molecular weight excluding hydrogens is 691 g/mol. The third-order valence-corrected chi connectivity index (χ3v) is 10.9. The average molecular weight is 732 g/mol. The zero-order valence-electron chi connectivity index (χ0n) is 27.9. The van der Waals surface area contributed by atoms with Gasteiger partial charge in [0.25, 0.3) is 0 Å². The number of Topliss-reactive ketones (excluding diaryl/α,β-unsaturated/α-hetero) is 2. The van der Waals surface area contributed by atoms with E-state index in [1.54, 1.807) is 36.4 Å². The fourth-order valence-corrected chi connectivity index (χ4v) is 8.24. The van der Waals surface area contributed by atoms with Crippen molar-refractivity contribution in [3.05, 3.63) is 69.6 Å². The highest BCUT2D eigenvalue weighted by atomic mass is 79.9. The molecule has 12 heteroatoms. The van der Waals surface area contributed by atoms with Crippen molar-refractivity contribution in [1.29, 1.82) is 0 Å². The van der Waals surface area contributed by atoms with Gasteiger partial charge in [0.2, 0.25) is 5.91 Å². The van der Waals surface area contributed by atoms with Crippen LogP contribution in [0.4, 0.5) is 4.39 Å². The van der Waals surface area contributed by atoms with Gasteiger partial charge < -0.3 is 9.64 Å². The smallest absolute Gasteiger partial charge is 0.245 e. The fraction of sp³-hybridized carbons (Fsp3) is 0.486. The van der Waals surface area contributed by atoms with E-state index in [9.17, 15) is 18.8 Å². The summed E-state index contributed by atoms with van der Waals surface area (Å²) in [5.41, 5.74) is 3.65. The van der Waals surface area contributed by atoms with E-state index in [1.165, 1.54) is 11.6 Å². The van der Waals surface area contributed by atoms with E-state index in [-0.39, 0.29) is 47.6 Å². The predicted molar refractivity (Wildman–Crippen MR) is 184 cm³/mol. The SMILES string of the molecule is CC(=O)c1nn(CC(=O)N2[C@H]3C[C@@]4(CCCCCCCOCc5ccc(Br)nc5CC3=O)C[C@@H]24)c2c(CF)cc(-c3cnc(C)nc3)cc12. The van der Waals surface area contributed by atoms with E-state index in [2.05, 4.69) is 36.0 Å². The molecule has 0 radical (unpaired) electrons. The van der Waals surface area contributed by atoms with Crippen LogP contribution in [0, 0.1) is 12.3 Å². The Balaban J connectivity index is 1.22. The first-order valence-corrected chi connectivity index (χ1v) is 17.9. The lowest BCUT2D eigenvalue weighted by Gasteiger charge is -2.27. The lowest BCUT2D eigenvalue weighted by atomic mass is 9.90. The molecule has 1 saturated heterocycles. The molecule has 1 amide bonds. The molecule has 1 aromatic carbocycles. The number of likely N-dealkylation sites (tertiary alicyclic amines) is 1. The zero-order valence-corrected chi connectivity index (χ0v) is 29.5. The molecule has 10 nitrogen and oxygen atoms in total. The minimum Gasteiger partial charge on any atom is -0.377 e. The molecule has 2 bridgehead atoms. The number of piperidine rings is 1. The number of carbonyl (C=O) groups is 3. The van der Waals surface area contributed by atoms with Gasteiger partial charge in [-0.05, 0) is 83.3 Å². The summed E-state index contributed by atoms with van der Waals surface area (Å²) >= 11 is 3.46. The van der Waals surface area contributed by atoms with E-state index >= 15 is 0 Å². The monoisotopic (exact) mass is 730 g/mol. The largest absolute Gasteiger partial charge is 0.377 e.